The van der Waals surface area contributed by atoms with E-state index in [0.717, 1.165) is 129 Å². The predicted molar refractivity (Wildman–Crippen MR) is 246 cm³/mol. The molecule has 0 amide bonds. The van der Waals surface area contributed by atoms with Gasteiger partial charge in [0.05, 0.1) is 13.2 Å². The van der Waals surface area contributed by atoms with E-state index in [2.05, 4.69) is 70.7 Å². The third-order valence-electron chi connectivity index (χ3n) is 11.9. The summed E-state index contributed by atoms with van der Waals surface area (Å²) in [5.74, 6) is 0.902. The fourth-order valence-corrected chi connectivity index (χ4v) is 7.33. The van der Waals surface area contributed by atoms with Crippen LogP contribution in [0.2, 0.25) is 0 Å². The number of hydrogen-bond acceptors (Lipinski definition) is 7. The standard InChI is InChI=1S/C51H95NO6/c1-7-46(8-2)44-56-49(53)40-35-31-27-23-19-15-13-17-21-25-29-33-38-48(58-51(55)42-37-43-52(11-5)12-6)39-34-30-26-22-18-14-16-20-24-28-32-36-41-50(54)57-45-47(9-3)10-4/h19-20,23-24,46-48H,7-18,21-22,25-45H2,1-6H3. The summed E-state index contributed by atoms with van der Waals surface area (Å²) in [4.78, 5) is 39.0. The van der Waals surface area contributed by atoms with Crippen molar-refractivity contribution < 1.29 is 28.6 Å². The maximum atomic E-state index is 12.8. The van der Waals surface area contributed by atoms with Crippen molar-refractivity contribution >= 4 is 17.9 Å². The summed E-state index contributed by atoms with van der Waals surface area (Å²) < 4.78 is 16.9. The third-order valence-corrected chi connectivity index (χ3v) is 11.9. The minimum absolute atomic E-state index is 0.0108. The molecule has 0 spiro atoms. The lowest BCUT2D eigenvalue weighted by Crippen LogP contribution is -2.25. The molecule has 340 valence electrons. The average molecular weight is 818 g/mol. The lowest BCUT2D eigenvalue weighted by molar-refractivity contribution is -0.150. The second kappa shape index (κ2) is 43.0. The van der Waals surface area contributed by atoms with Crippen LogP contribution < -0.4 is 0 Å². The molecule has 0 N–H and O–H groups in total. The van der Waals surface area contributed by atoms with Crippen molar-refractivity contribution in [3.63, 3.8) is 0 Å². The Morgan fingerprint density at radius 2 is 0.776 bits per heavy atom. The number of unbranched alkanes of at least 4 members (excludes halogenated alkanes) is 16. The Hall–Kier alpha value is -2.15. The number of carbonyl (C=O) groups is 3. The monoisotopic (exact) mass is 818 g/mol. The first-order valence-corrected chi connectivity index (χ1v) is 24.9. The van der Waals surface area contributed by atoms with Gasteiger partial charge in [0, 0.05) is 19.3 Å². The van der Waals surface area contributed by atoms with Crippen molar-refractivity contribution in [1.82, 2.24) is 4.90 Å². The topological polar surface area (TPSA) is 82.1 Å². The van der Waals surface area contributed by atoms with Gasteiger partial charge >= 0.3 is 17.9 Å². The van der Waals surface area contributed by atoms with E-state index >= 15 is 0 Å². The minimum Gasteiger partial charge on any atom is -0.465 e. The zero-order valence-electron chi connectivity index (χ0n) is 39.2. The number of allylic oxidation sites excluding steroid dienone is 4. The van der Waals surface area contributed by atoms with Crippen molar-refractivity contribution in [3.8, 4) is 0 Å². The van der Waals surface area contributed by atoms with Crippen LogP contribution in [0.5, 0.6) is 0 Å². The van der Waals surface area contributed by atoms with Crippen LogP contribution in [0.1, 0.15) is 234 Å². The van der Waals surface area contributed by atoms with Crippen LogP contribution in [0.3, 0.4) is 0 Å². The van der Waals surface area contributed by atoms with Crippen LogP contribution in [-0.2, 0) is 28.6 Å². The molecule has 0 bridgehead atoms. The number of esters is 3. The van der Waals surface area contributed by atoms with Gasteiger partial charge in [-0.2, -0.15) is 0 Å². The second-order valence-corrected chi connectivity index (χ2v) is 16.8. The Morgan fingerprint density at radius 3 is 1.16 bits per heavy atom. The first kappa shape index (κ1) is 55.9. The lowest BCUT2D eigenvalue weighted by atomic mass is 10.0. The fourth-order valence-electron chi connectivity index (χ4n) is 7.33. The molecule has 0 aliphatic rings. The summed E-state index contributed by atoms with van der Waals surface area (Å²) in [6, 6.07) is 0. The molecule has 0 fully saturated rings. The van der Waals surface area contributed by atoms with Gasteiger partial charge in [-0.15, -0.1) is 0 Å². The van der Waals surface area contributed by atoms with Gasteiger partial charge in [0.25, 0.3) is 0 Å². The molecule has 7 nitrogen and oxygen atoms in total. The van der Waals surface area contributed by atoms with Gasteiger partial charge in [0.15, 0.2) is 0 Å². The van der Waals surface area contributed by atoms with Crippen LogP contribution in [0.15, 0.2) is 24.3 Å². The Bertz CT molecular complexity index is 921. The van der Waals surface area contributed by atoms with Gasteiger partial charge in [0.1, 0.15) is 6.10 Å². The summed E-state index contributed by atoms with van der Waals surface area (Å²) in [6.07, 6.45) is 41.1. The average Bonchev–Trinajstić information content (AvgIpc) is 3.23. The van der Waals surface area contributed by atoms with E-state index in [1.165, 1.54) is 64.2 Å². The van der Waals surface area contributed by atoms with Gasteiger partial charge in [-0.3, -0.25) is 14.4 Å². The normalized spacial score (nSPS) is 12.4. The molecular formula is C51H95NO6. The van der Waals surface area contributed by atoms with Crippen LogP contribution in [0.25, 0.3) is 0 Å². The summed E-state index contributed by atoms with van der Waals surface area (Å²) in [5.41, 5.74) is 0. The summed E-state index contributed by atoms with van der Waals surface area (Å²) in [6.45, 7) is 17.1. The lowest BCUT2D eigenvalue weighted by Gasteiger charge is -2.20. The van der Waals surface area contributed by atoms with E-state index in [0.29, 0.717) is 44.3 Å². The van der Waals surface area contributed by atoms with Crippen molar-refractivity contribution in [2.75, 3.05) is 32.8 Å². The molecular weight excluding hydrogens is 723 g/mol. The molecule has 0 heterocycles. The number of carbonyl (C=O) groups excluding carboxylic acids is 3. The second-order valence-electron chi connectivity index (χ2n) is 16.8. The van der Waals surface area contributed by atoms with E-state index in [1.54, 1.807) is 0 Å². The zero-order valence-corrected chi connectivity index (χ0v) is 39.2. The molecule has 0 radical (unpaired) electrons. The van der Waals surface area contributed by atoms with Gasteiger partial charge in [-0.05, 0) is 128 Å². The first-order valence-electron chi connectivity index (χ1n) is 24.9. The highest BCUT2D eigenvalue weighted by atomic mass is 16.5. The molecule has 0 aromatic rings. The van der Waals surface area contributed by atoms with Gasteiger partial charge in [0.2, 0.25) is 0 Å². The smallest absolute Gasteiger partial charge is 0.306 e. The molecule has 58 heavy (non-hydrogen) atoms. The molecule has 0 saturated heterocycles. The molecule has 0 aromatic heterocycles. The van der Waals surface area contributed by atoms with Gasteiger partial charge < -0.3 is 19.1 Å². The molecule has 0 aliphatic carbocycles. The molecule has 7 heteroatoms. The Labute approximate surface area is 359 Å². The third kappa shape index (κ3) is 36.9. The molecule has 0 aromatic carbocycles. The Balaban J connectivity index is 4.13. The summed E-state index contributed by atoms with van der Waals surface area (Å²) >= 11 is 0. The Kier molecular flexibility index (Phi) is 41.4. The van der Waals surface area contributed by atoms with E-state index in [4.69, 9.17) is 14.2 Å². The van der Waals surface area contributed by atoms with Crippen LogP contribution in [-0.4, -0.2) is 61.8 Å². The van der Waals surface area contributed by atoms with Crippen molar-refractivity contribution in [2.45, 2.75) is 240 Å². The van der Waals surface area contributed by atoms with Crippen LogP contribution in [0.4, 0.5) is 0 Å². The molecule has 0 atom stereocenters. The van der Waals surface area contributed by atoms with E-state index in [-0.39, 0.29) is 24.0 Å². The zero-order chi connectivity index (χ0) is 42.7. The van der Waals surface area contributed by atoms with E-state index < -0.39 is 0 Å². The summed E-state index contributed by atoms with van der Waals surface area (Å²) in [7, 11) is 0. The highest BCUT2D eigenvalue weighted by molar-refractivity contribution is 5.70. The van der Waals surface area contributed by atoms with E-state index in [9.17, 15) is 14.4 Å². The molecule has 0 saturated carbocycles. The highest BCUT2D eigenvalue weighted by Gasteiger charge is 2.15. The van der Waals surface area contributed by atoms with Crippen LogP contribution >= 0.6 is 0 Å². The van der Waals surface area contributed by atoms with Crippen molar-refractivity contribution in [2.24, 2.45) is 11.8 Å². The van der Waals surface area contributed by atoms with E-state index in [1.807, 2.05) is 0 Å². The van der Waals surface area contributed by atoms with Gasteiger partial charge in [-0.1, -0.05) is 143 Å². The molecule has 0 rings (SSSR count). The summed E-state index contributed by atoms with van der Waals surface area (Å²) in [5, 5.41) is 0. The van der Waals surface area contributed by atoms with Gasteiger partial charge in [-0.25, -0.2) is 0 Å². The van der Waals surface area contributed by atoms with Crippen molar-refractivity contribution in [3.05, 3.63) is 24.3 Å². The predicted octanol–water partition coefficient (Wildman–Crippen LogP) is 14.5. The number of ether oxygens (including phenoxy) is 3. The number of rotatable bonds is 43. The SMILES string of the molecule is CCC(CC)COC(=O)CCCCC=CCCCCCCCCC(CCCCCCCCC=CCCCCC(=O)OCC(CC)CC)OC(=O)CCCN(CC)CC. The number of hydrogen-bond donors (Lipinski definition) is 0. The first-order chi connectivity index (χ1) is 28.3. The quantitative estimate of drug-likeness (QED) is 0.0262. The Morgan fingerprint density at radius 1 is 0.431 bits per heavy atom. The molecule has 0 aliphatic heterocycles. The fraction of sp³-hybridized carbons (Fsp3) is 0.863. The highest BCUT2D eigenvalue weighted by Crippen LogP contribution is 2.19. The van der Waals surface area contributed by atoms with Crippen molar-refractivity contribution in [1.29, 1.82) is 0 Å². The maximum absolute atomic E-state index is 12.8. The molecule has 0 unspecified atom stereocenters. The largest absolute Gasteiger partial charge is 0.465 e. The minimum atomic E-state index is -0.0417. The van der Waals surface area contributed by atoms with Crippen LogP contribution in [0, 0.1) is 11.8 Å². The maximum Gasteiger partial charge on any atom is 0.306 e. The number of nitrogens with zero attached hydrogens (tertiary/aromatic N) is 1.